The Morgan fingerprint density at radius 3 is 2.65 bits per heavy atom. The number of aliphatic carboxylic acids is 1. The van der Waals surface area contributed by atoms with Gasteiger partial charge in [-0.1, -0.05) is 42.5 Å². The van der Waals surface area contributed by atoms with Crippen molar-refractivity contribution in [3.05, 3.63) is 65.7 Å². The van der Waals surface area contributed by atoms with Gasteiger partial charge in [0.2, 0.25) is 0 Å². The Kier molecular flexibility index (Phi) is 3.42. The van der Waals surface area contributed by atoms with Crippen molar-refractivity contribution >= 4 is 5.97 Å². The quantitative estimate of drug-likeness (QED) is 0.903. The van der Waals surface area contributed by atoms with Crippen molar-refractivity contribution in [3.63, 3.8) is 0 Å². The fourth-order valence-corrected chi connectivity index (χ4v) is 2.41. The predicted octanol–water partition coefficient (Wildman–Crippen LogP) is 3.45. The van der Waals surface area contributed by atoms with E-state index in [0.29, 0.717) is 6.61 Å². The molecule has 3 heteroatoms. The zero-order valence-corrected chi connectivity index (χ0v) is 11.0. The molecule has 2 atom stereocenters. The summed E-state index contributed by atoms with van der Waals surface area (Å²) in [4.78, 5) is 10.9. The number of hydrogen-bond donors (Lipinski definition) is 1. The van der Waals surface area contributed by atoms with Crippen molar-refractivity contribution in [2.75, 3.05) is 0 Å². The average Bonchev–Trinajstić information content (AvgIpc) is 3.27. The molecule has 0 unspecified atom stereocenters. The molecule has 3 rings (SSSR count). The van der Waals surface area contributed by atoms with Gasteiger partial charge in [0.15, 0.2) is 0 Å². The Bertz CT molecular complexity index is 607. The van der Waals surface area contributed by atoms with Crippen LogP contribution in [0.3, 0.4) is 0 Å². The molecule has 2 aromatic carbocycles. The van der Waals surface area contributed by atoms with Gasteiger partial charge in [0.05, 0.1) is 5.92 Å². The summed E-state index contributed by atoms with van der Waals surface area (Å²) in [5.41, 5.74) is 2.18. The molecule has 102 valence electrons. The monoisotopic (exact) mass is 268 g/mol. The van der Waals surface area contributed by atoms with Gasteiger partial charge in [0.1, 0.15) is 12.4 Å². The smallest absolute Gasteiger partial charge is 0.307 e. The average molecular weight is 268 g/mol. The van der Waals surface area contributed by atoms with Crippen LogP contribution in [0.5, 0.6) is 5.75 Å². The zero-order valence-electron chi connectivity index (χ0n) is 11.0. The van der Waals surface area contributed by atoms with E-state index in [9.17, 15) is 4.79 Å². The lowest BCUT2D eigenvalue weighted by Gasteiger charge is -2.08. The van der Waals surface area contributed by atoms with Gasteiger partial charge in [0, 0.05) is 0 Å². The highest BCUT2D eigenvalue weighted by Gasteiger charge is 2.44. The summed E-state index contributed by atoms with van der Waals surface area (Å²) in [5, 5.41) is 8.98. The molecule has 1 aliphatic carbocycles. The van der Waals surface area contributed by atoms with E-state index in [1.54, 1.807) is 0 Å². The Labute approximate surface area is 117 Å². The Morgan fingerprint density at radius 2 is 1.95 bits per heavy atom. The summed E-state index contributed by atoms with van der Waals surface area (Å²) in [6.45, 7) is 0.525. The molecule has 0 aromatic heterocycles. The van der Waals surface area contributed by atoms with Gasteiger partial charge < -0.3 is 9.84 Å². The first-order valence-corrected chi connectivity index (χ1v) is 6.73. The van der Waals surface area contributed by atoms with Crippen LogP contribution in [0, 0.1) is 5.92 Å². The fraction of sp³-hybridized carbons (Fsp3) is 0.235. The number of ether oxygens (including phenoxy) is 1. The second-order valence-electron chi connectivity index (χ2n) is 5.13. The minimum Gasteiger partial charge on any atom is -0.489 e. The van der Waals surface area contributed by atoms with Crippen molar-refractivity contribution in [1.82, 2.24) is 0 Å². The minimum absolute atomic E-state index is 0.146. The summed E-state index contributed by atoms with van der Waals surface area (Å²) in [6, 6.07) is 17.7. The highest BCUT2D eigenvalue weighted by molar-refractivity contribution is 5.75. The van der Waals surface area contributed by atoms with Crippen LogP contribution in [0.4, 0.5) is 0 Å². The molecule has 0 aliphatic heterocycles. The van der Waals surface area contributed by atoms with E-state index >= 15 is 0 Å². The summed E-state index contributed by atoms with van der Waals surface area (Å²) in [5.74, 6) is 0.0140. The standard InChI is InChI=1S/C17H16O3/c18-17(19)16-10-15(16)13-7-4-8-14(9-13)20-11-12-5-2-1-3-6-12/h1-9,15-16H,10-11H2,(H,18,19)/t15-,16+/m0/s1. The first-order chi connectivity index (χ1) is 9.74. The molecule has 0 amide bonds. The molecule has 0 spiro atoms. The summed E-state index contributed by atoms with van der Waals surface area (Å²) in [6.07, 6.45) is 0.734. The zero-order chi connectivity index (χ0) is 13.9. The molecule has 1 N–H and O–H groups in total. The van der Waals surface area contributed by atoms with Gasteiger partial charge in [-0.3, -0.25) is 4.79 Å². The molecule has 2 aromatic rings. The van der Waals surface area contributed by atoms with Crippen LogP contribution in [-0.4, -0.2) is 11.1 Å². The van der Waals surface area contributed by atoms with E-state index < -0.39 is 5.97 Å². The second kappa shape index (κ2) is 5.37. The predicted molar refractivity (Wildman–Crippen MR) is 75.7 cm³/mol. The van der Waals surface area contributed by atoms with Gasteiger partial charge in [0.25, 0.3) is 0 Å². The summed E-state index contributed by atoms with van der Waals surface area (Å²) >= 11 is 0. The second-order valence-corrected chi connectivity index (χ2v) is 5.13. The van der Waals surface area contributed by atoms with E-state index in [1.165, 1.54) is 0 Å². The van der Waals surface area contributed by atoms with E-state index in [2.05, 4.69) is 0 Å². The van der Waals surface area contributed by atoms with Crippen LogP contribution in [-0.2, 0) is 11.4 Å². The number of carboxylic acids is 1. The normalized spacial score (nSPS) is 20.4. The third kappa shape index (κ3) is 2.82. The van der Waals surface area contributed by atoms with E-state index in [0.717, 1.165) is 23.3 Å². The van der Waals surface area contributed by atoms with E-state index in [-0.39, 0.29) is 11.8 Å². The van der Waals surface area contributed by atoms with E-state index in [4.69, 9.17) is 9.84 Å². The number of hydrogen-bond acceptors (Lipinski definition) is 2. The molecular weight excluding hydrogens is 252 g/mol. The maximum atomic E-state index is 10.9. The molecule has 1 aliphatic rings. The highest BCUT2D eigenvalue weighted by atomic mass is 16.5. The molecule has 0 heterocycles. The molecule has 0 radical (unpaired) electrons. The van der Waals surface area contributed by atoms with Crippen LogP contribution in [0.2, 0.25) is 0 Å². The van der Waals surface area contributed by atoms with Crippen LogP contribution >= 0.6 is 0 Å². The minimum atomic E-state index is -0.703. The van der Waals surface area contributed by atoms with Crippen molar-refractivity contribution in [2.45, 2.75) is 18.9 Å². The largest absolute Gasteiger partial charge is 0.489 e. The van der Waals surface area contributed by atoms with Crippen molar-refractivity contribution in [2.24, 2.45) is 5.92 Å². The van der Waals surface area contributed by atoms with Crippen LogP contribution < -0.4 is 4.74 Å². The number of benzene rings is 2. The maximum absolute atomic E-state index is 10.9. The first kappa shape index (κ1) is 12.7. The molecule has 3 nitrogen and oxygen atoms in total. The Morgan fingerprint density at radius 1 is 1.15 bits per heavy atom. The SMILES string of the molecule is O=C(O)[C@@H]1C[C@H]1c1cccc(OCc2ccccc2)c1. The third-order valence-corrected chi connectivity index (χ3v) is 3.64. The topological polar surface area (TPSA) is 46.5 Å². The summed E-state index contributed by atoms with van der Waals surface area (Å²) < 4.78 is 5.76. The van der Waals surface area contributed by atoms with Gasteiger partial charge in [-0.05, 0) is 35.6 Å². The molecule has 1 saturated carbocycles. The third-order valence-electron chi connectivity index (χ3n) is 3.64. The van der Waals surface area contributed by atoms with Crippen molar-refractivity contribution in [1.29, 1.82) is 0 Å². The highest BCUT2D eigenvalue weighted by Crippen LogP contribution is 2.48. The van der Waals surface area contributed by atoms with Crippen LogP contribution in [0.25, 0.3) is 0 Å². The van der Waals surface area contributed by atoms with Crippen LogP contribution in [0.1, 0.15) is 23.5 Å². The Hall–Kier alpha value is -2.29. The first-order valence-electron chi connectivity index (χ1n) is 6.73. The molecule has 20 heavy (non-hydrogen) atoms. The van der Waals surface area contributed by atoms with Gasteiger partial charge in [-0.25, -0.2) is 0 Å². The lowest BCUT2D eigenvalue weighted by molar-refractivity contribution is -0.138. The molecular formula is C17H16O3. The van der Waals surface area contributed by atoms with E-state index in [1.807, 2.05) is 54.6 Å². The van der Waals surface area contributed by atoms with Gasteiger partial charge in [-0.15, -0.1) is 0 Å². The van der Waals surface area contributed by atoms with Gasteiger partial charge in [-0.2, -0.15) is 0 Å². The summed E-state index contributed by atoms with van der Waals surface area (Å²) in [7, 11) is 0. The molecule has 1 fully saturated rings. The molecule has 0 saturated heterocycles. The number of rotatable bonds is 5. The van der Waals surface area contributed by atoms with Gasteiger partial charge >= 0.3 is 5.97 Å². The fourth-order valence-electron chi connectivity index (χ4n) is 2.41. The Balaban J connectivity index is 1.65. The molecule has 0 bridgehead atoms. The number of carboxylic acid groups (broad SMARTS) is 1. The van der Waals surface area contributed by atoms with Crippen LogP contribution in [0.15, 0.2) is 54.6 Å². The lowest BCUT2D eigenvalue weighted by Crippen LogP contribution is -1.99. The van der Waals surface area contributed by atoms with Crippen molar-refractivity contribution in [3.8, 4) is 5.75 Å². The number of carbonyl (C=O) groups is 1. The lowest BCUT2D eigenvalue weighted by atomic mass is 10.1. The maximum Gasteiger partial charge on any atom is 0.307 e. The van der Waals surface area contributed by atoms with Crippen molar-refractivity contribution < 1.29 is 14.6 Å².